The molecule has 0 saturated carbocycles. The van der Waals surface area contributed by atoms with Crippen LogP contribution in [0.25, 0.3) is 0 Å². The largest absolute Gasteiger partial charge is 0.378 e. The number of nitrogens with zero attached hydrogens (tertiary/aromatic N) is 5. The molecule has 126 valence electrons. The van der Waals surface area contributed by atoms with Crippen LogP contribution in [-0.2, 0) is 4.79 Å². The Bertz CT molecular complexity index is 930. The van der Waals surface area contributed by atoms with Gasteiger partial charge < -0.3 is 10.2 Å². The molecule has 0 unspecified atom stereocenters. The van der Waals surface area contributed by atoms with Crippen LogP contribution in [0.1, 0.15) is 22.9 Å². The van der Waals surface area contributed by atoms with Crippen molar-refractivity contribution in [2.24, 2.45) is 10.2 Å². The molecule has 0 radical (unpaired) electrons. The van der Waals surface area contributed by atoms with Gasteiger partial charge in [-0.25, -0.2) is 0 Å². The summed E-state index contributed by atoms with van der Waals surface area (Å²) in [5.74, 6) is -0.219. The number of hydrogen-bond donors (Lipinski definition) is 1. The van der Waals surface area contributed by atoms with Gasteiger partial charge in [0.2, 0.25) is 5.91 Å². The topological polar surface area (TPSA) is 105 Å². The molecule has 7 nitrogen and oxygen atoms in total. The number of anilines is 2. The smallest absolute Gasteiger partial charge is 0.221 e. The Morgan fingerprint density at radius 1 is 1.24 bits per heavy atom. The van der Waals surface area contributed by atoms with Crippen LogP contribution in [0, 0.1) is 29.6 Å². The highest BCUT2D eigenvalue weighted by Gasteiger charge is 2.15. The Hall–Kier alpha value is -3.23. The maximum absolute atomic E-state index is 11.4. The van der Waals surface area contributed by atoms with Gasteiger partial charge in [0.15, 0.2) is 5.00 Å². The molecule has 0 spiro atoms. The van der Waals surface area contributed by atoms with Crippen molar-refractivity contribution < 1.29 is 4.79 Å². The van der Waals surface area contributed by atoms with E-state index in [1.807, 2.05) is 31.1 Å². The maximum atomic E-state index is 11.4. The van der Waals surface area contributed by atoms with Gasteiger partial charge in [-0.15, -0.1) is 21.6 Å². The summed E-state index contributed by atoms with van der Waals surface area (Å²) in [7, 11) is 3.79. The van der Waals surface area contributed by atoms with E-state index in [9.17, 15) is 10.1 Å². The third kappa shape index (κ3) is 4.00. The number of rotatable bonds is 4. The molecule has 0 aliphatic heterocycles. The second-order valence-corrected chi connectivity index (χ2v) is 6.44. The molecule has 1 aromatic heterocycles. The zero-order valence-corrected chi connectivity index (χ0v) is 15.1. The number of nitriles is 2. The van der Waals surface area contributed by atoms with Crippen molar-refractivity contribution in [3.63, 3.8) is 0 Å². The minimum Gasteiger partial charge on any atom is -0.378 e. The molecule has 0 saturated heterocycles. The molecular weight excluding hydrogens is 336 g/mol. The Kier molecular flexibility index (Phi) is 5.48. The highest BCUT2D eigenvalue weighted by atomic mass is 32.1. The van der Waals surface area contributed by atoms with Crippen molar-refractivity contribution in [2.45, 2.75) is 13.8 Å². The van der Waals surface area contributed by atoms with Crippen molar-refractivity contribution in [1.82, 2.24) is 0 Å². The fourth-order valence-electron chi connectivity index (χ4n) is 2.09. The number of azo groups is 1. The summed E-state index contributed by atoms with van der Waals surface area (Å²) in [6.45, 7) is 3.13. The van der Waals surface area contributed by atoms with Gasteiger partial charge in [-0.2, -0.15) is 10.5 Å². The van der Waals surface area contributed by atoms with Crippen molar-refractivity contribution in [3.8, 4) is 12.1 Å². The monoisotopic (exact) mass is 352 g/mol. The maximum Gasteiger partial charge on any atom is 0.221 e. The lowest BCUT2D eigenvalue weighted by Crippen LogP contribution is -2.10. The molecule has 0 bridgehead atoms. The number of amides is 1. The molecule has 2 aromatic rings. The molecular formula is C17H16N6OS. The lowest BCUT2D eigenvalue weighted by molar-refractivity contribution is -0.114. The first-order valence-electron chi connectivity index (χ1n) is 7.31. The minimum absolute atomic E-state index is 0.219. The van der Waals surface area contributed by atoms with E-state index in [4.69, 9.17) is 5.26 Å². The second kappa shape index (κ2) is 7.56. The van der Waals surface area contributed by atoms with Gasteiger partial charge in [0.1, 0.15) is 22.7 Å². The third-order valence-corrected chi connectivity index (χ3v) is 4.48. The number of nitrogens with one attached hydrogen (secondary N) is 1. The standard InChI is InChI=1S/C17H16N6OS/c1-10-13(8-18)17(25-16(10)9-19)22-21-14-6-5-12(23(3)4)7-15(14)20-11(2)24/h5-7H,1-4H3,(H,20,24). The fraction of sp³-hybridized carbons (Fsp3) is 0.235. The van der Waals surface area contributed by atoms with Crippen LogP contribution < -0.4 is 10.2 Å². The quantitative estimate of drug-likeness (QED) is 0.831. The normalized spacial score (nSPS) is 10.3. The Balaban J connectivity index is 2.46. The molecule has 1 N–H and O–H groups in total. The van der Waals surface area contributed by atoms with E-state index in [0.717, 1.165) is 17.0 Å². The van der Waals surface area contributed by atoms with Crippen LogP contribution >= 0.6 is 11.3 Å². The van der Waals surface area contributed by atoms with Gasteiger partial charge >= 0.3 is 0 Å². The first kappa shape index (κ1) is 18.1. The molecule has 1 aromatic carbocycles. The molecule has 0 aliphatic rings. The van der Waals surface area contributed by atoms with Gasteiger partial charge in [0.05, 0.1) is 11.3 Å². The lowest BCUT2D eigenvalue weighted by Gasteiger charge is -2.15. The highest BCUT2D eigenvalue weighted by molar-refractivity contribution is 7.16. The van der Waals surface area contributed by atoms with E-state index in [0.29, 0.717) is 32.4 Å². The molecule has 0 aliphatic carbocycles. The highest BCUT2D eigenvalue weighted by Crippen LogP contribution is 2.37. The zero-order valence-electron chi connectivity index (χ0n) is 14.3. The van der Waals surface area contributed by atoms with Crippen molar-refractivity contribution in [3.05, 3.63) is 34.2 Å². The molecule has 1 heterocycles. The zero-order chi connectivity index (χ0) is 18.6. The SMILES string of the molecule is CC(=O)Nc1cc(N(C)C)ccc1N=Nc1sc(C#N)c(C)c1C#N. The van der Waals surface area contributed by atoms with E-state index in [1.54, 1.807) is 19.1 Å². The molecule has 2 rings (SSSR count). The summed E-state index contributed by atoms with van der Waals surface area (Å²) < 4.78 is 0. The van der Waals surface area contributed by atoms with Crippen LogP contribution in [0.5, 0.6) is 0 Å². The van der Waals surface area contributed by atoms with Crippen molar-refractivity contribution >= 4 is 39.3 Å². The summed E-state index contributed by atoms with van der Waals surface area (Å²) in [4.78, 5) is 13.8. The molecule has 1 amide bonds. The molecule has 0 atom stereocenters. The first-order valence-corrected chi connectivity index (χ1v) is 8.13. The average molecular weight is 352 g/mol. The number of carbonyl (C=O) groups excluding carboxylic acids is 1. The van der Waals surface area contributed by atoms with Crippen LogP contribution in [-0.4, -0.2) is 20.0 Å². The van der Waals surface area contributed by atoms with E-state index in [1.165, 1.54) is 6.92 Å². The van der Waals surface area contributed by atoms with Gasteiger partial charge in [-0.1, -0.05) is 0 Å². The summed E-state index contributed by atoms with van der Waals surface area (Å²) >= 11 is 1.12. The molecule has 0 fully saturated rings. The van der Waals surface area contributed by atoms with E-state index < -0.39 is 0 Å². The number of benzene rings is 1. The predicted molar refractivity (Wildman–Crippen MR) is 97.7 cm³/mol. The van der Waals surface area contributed by atoms with Crippen LogP contribution in [0.4, 0.5) is 22.1 Å². The van der Waals surface area contributed by atoms with Crippen LogP contribution in [0.3, 0.4) is 0 Å². The van der Waals surface area contributed by atoms with Crippen molar-refractivity contribution in [2.75, 3.05) is 24.3 Å². The Labute approximate surface area is 149 Å². The molecule has 8 heteroatoms. The Morgan fingerprint density at radius 2 is 1.96 bits per heavy atom. The van der Waals surface area contributed by atoms with Gasteiger partial charge in [-0.3, -0.25) is 4.79 Å². The number of thiophene rings is 1. The Morgan fingerprint density at radius 3 is 2.52 bits per heavy atom. The van der Waals surface area contributed by atoms with Crippen LogP contribution in [0.2, 0.25) is 0 Å². The summed E-state index contributed by atoms with van der Waals surface area (Å²) in [6, 6.07) is 9.49. The van der Waals surface area contributed by atoms with Gasteiger partial charge in [0, 0.05) is 26.7 Å². The van der Waals surface area contributed by atoms with E-state index >= 15 is 0 Å². The second-order valence-electron chi connectivity index (χ2n) is 5.44. The minimum atomic E-state index is -0.219. The average Bonchev–Trinajstić information content (AvgIpc) is 2.87. The van der Waals surface area contributed by atoms with Gasteiger partial charge in [-0.05, 0) is 30.7 Å². The summed E-state index contributed by atoms with van der Waals surface area (Å²) in [5, 5.41) is 29.7. The fourth-order valence-corrected chi connectivity index (χ4v) is 2.96. The van der Waals surface area contributed by atoms with Gasteiger partial charge in [0.25, 0.3) is 0 Å². The predicted octanol–water partition coefficient (Wildman–Crippen LogP) is 4.24. The third-order valence-electron chi connectivity index (χ3n) is 3.40. The van der Waals surface area contributed by atoms with E-state index in [2.05, 4.69) is 21.6 Å². The first-order chi connectivity index (χ1) is 11.9. The molecule has 25 heavy (non-hydrogen) atoms. The van der Waals surface area contributed by atoms with E-state index in [-0.39, 0.29) is 5.91 Å². The lowest BCUT2D eigenvalue weighted by atomic mass is 10.2. The summed E-state index contributed by atoms with van der Waals surface area (Å²) in [6.07, 6.45) is 0. The number of carbonyl (C=O) groups is 1. The summed E-state index contributed by atoms with van der Waals surface area (Å²) in [5.41, 5.74) is 2.84. The number of hydrogen-bond acceptors (Lipinski definition) is 7. The van der Waals surface area contributed by atoms with Crippen molar-refractivity contribution in [1.29, 1.82) is 10.5 Å². The van der Waals surface area contributed by atoms with Crippen LogP contribution in [0.15, 0.2) is 28.4 Å².